The van der Waals surface area contributed by atoms with Crippen LogP contribution >= 0.6 is 0 Å². The van der Waals surface area contributed by atoms with E-state index in [0.717, 1.165) is 12.8 Å². The molecule has 0 aromatic heterocycles. The van der Waals surface area contributed by atoms with Crippen molar-refractivity contribution in [1.82, 2.24) is 0 Å². The molecule has 0 aliphatic heterocycles. The quantitative estimate of drug-likeness (QED) is 0.733. The fraction of sp³-hybridized carbons (Fsp3) is 0.533. The number of hydrogen-bond acceptors (Lipinski definition) is 2. The van der Waals surface area contributed by atoms with Crippen LogP contribution in [0.4, 0.5) is 4.39 Å². The van der Waals surface area contributed by atoms with Crippen LogP contribution in [0.15, 0.2) is 18.2 Å². The van der Waals surface area contributed by atoms with Gasteiger partial charge >= 0.3 is 0 Å². The van der Waals surface area contributed by atoms with Gasteiger partial charge in [-0.1, -0.05) is 20.8 Å². The summed E-state index contributed by atoms with van der Waals surface area (Å²) in [5.74, 6) is -0.332. The molecule has 100 valence electrons. The predicted molar refractivity (Wildman–Crippen MR) is 70.6 cm³/mol. The van der Waals surface area contributed by atoms with E-state index in [1.807, 2.05) is 0 Å². The van der Waals surface area contributed by atoms with Crippen molar-refractivity contribution in [3.8, 4) is 5.75 Å². The van der Waals surface area contributed by atoms with E-state index >= 15 is 0 Å². The number of hydrogen-bond donors (Lipinski definition) is 0. The molecule has 1 rings (SSSR count). The topological polar surface area (TPSA) is 26.3 Å². The first kappa shape index (κ1) is 14.7. The fourth-order valence-electron chi connectivity index (χ4n) is 1.76. The van der Waals surface area contributed by atoms with Crippen molar-refractivity contribution in [3.63, 3.8) is 0 Å². The summed E-state index contributed by atoms with van der Waals surface area (Å²) >= 11 is 0. The summed E-state index contributed by atoms with van der Waals surface area (Å²) in [6.07, 6.45) is 2.27. The van der Waals surface area contributed by atoms with E-state index < -0.39 is 5.82 Å². The third-order valence-electron chi connectivity index (χ3n) is 2.80. The molecular weight excluding hydrogens is 231 g/mol. The normalized spacial score (nSPS) is 11.4. The minimum atomic E-state index is -0.487. The van der Waals surface area contributed by atoms with Gasteiger partial charge in [0.25, 0.3) is 0 Å². The Bertz CT molecular complexity index is 419. The zero-order chi connectivity index (χ0) is 13.8. The Morgan fingerprint density at radius 1 is 1.33 bits per heavy atom. The van der Waals surface area contributed by atoms with E-state index in [1.165, 1.54) is 19.2 Å². The molecule has 0 unspecified atom stereocenters. The molecule has 0 spiro atoms. The van der Waals surface area contributed by atoms with Crippen LogP contribution in [0.2, 0.25) is 0 Å². The number of benzene rings is 1. The average molecular weight is 252 g/mol. The Morgan fingerprint density at radius 2 is 2.00 bits per heavy atom. The molecule has 0 N–H and O–H groups in total. The van der Waals surface area contributed by atoms with Gasteiger partial charge < -0.3 is 4.74 Å². The zero-order valence-electron chi connectivity index (χ0n) is 11.5. The molecule has 0 amide bonds. The maximum absolute atomic E-state index is 13.4. The van der Waals surface area contributed by atoms with E-state index in [4.69, 9.17) is 4.74 Å². The summed E-state index contributed by atoms with van der Waals surface area (Å²) in [6.45, 7) is 6.43. The molecule has 3 heteroatoms. The molecule has 1 aromatic carbocycles. The van der Waals surface area contributed by atoms with Crippen LogP contribution in [-0.4, -0.2) is 12.9 Å². The number of ether oxygens (including phenoxy) is 1. The van der Waals surface area contributed by atoms with Crippen molar-refractivity contribution in [1.29, 1.82) is 0 Å². The first-order valence-electron chi connectivity index (χ1n) is 6.20. The van der Waals surface area contributed by atoms with Crippen molar-refractivity contribution in [3.05, 3.63) is 29.6 Å². The van der Waals surface area contributed by atoms with Crippen LogP contribution in [0.5, 0.6) is 5.75 Å². The third kappa shape index (κ3) is 4.47. The number of Topliss-reactive ketones (excluding diaryl/α,β-unsaturated/α-hetero) is 1. The van der Waals surface area contributed by atoms with Crippen LogP contribution < -0.4 is 4.74 Å². The number of rotatable bonds is 5. The lowest BCUT2D eigenvalue weighted by molar-refractivity contribution is 0.0975. The van der Waals surface area contributed by atoms with Crippen molar-refractivity contribution in [2.24, 2.45) is 5.41 Å². The van der Waals surface area contributed by atoms with Gasteiger partial charge in [-0.3, -0.25) is 4.79 Å². The molecular formula is C15H21FO2. The molecule has 0 radical (unpaired) electrons. The summed E-state index contributed by atoms with van der Waals surface area (Å²) in [5, 5.41) is 0. The molecule has 0 bridgehead atoms. The van der Waals surface area contributed by atoms with Crippen molar-refractivity contribution < 1.29 is 13.9 Å². The van der Waals surface area contributed by atoms with Gasteiger partial charge in [0.1, 0.15) is 0 Å². The monoisotopic (exact) mass is 252 g/mol. The van der Waals surface area contributed by atoms with Gasteiger partial charge in [0, 0.05) is 12.0 Å². The Morgan fingerprint density at radius 3 is 2.50 bits per heavy atom. The summed E-state index contributed by atoms with van der Waals surface area (Å²) in [5.41, 5.74) is 0.646. The van der Waals surface area contributed by atoms with Crippen molar-refractivity contribution in [2.45, 2.75) is 40.0 Å². The molecule has 0 aliphatic carbocycles. The minimum Gasteiger partial charge on any atom is -0.494 e. The van der Waals surface area contributed by atoms with Crippen LogP contribution in [0, 0.1) is 11.2 Å². The number of halogens is 1. The second kappa shape index (κ2) is 5.98. The summed E-state index contributed by atoms with van der Waals surface area (Å²) in [7, 11) is 1.41. The standard InChI is InChI=1S/C15H21FO2/c1-15(2,3)9-5-6-13(17)11-7-8-14(18-4)12(16)10-11/h7-8,10H,5-6,9H2,1-4H3. The second-order valence-corrected chi connectivity index (χ2v) is 5.69. The van der Waals surface area contributed by atoms with E-state index in [1.54, 1.807) is 6.07 Å². The van der Waals surface area contributed by atoms with Gasteiger partial charge in [0.2, 0.25) is 0 Å². The zero-order valence-corrected chi connectivity index (χ0v) is 11.5. The van der Waals surface area contributed by atoms with Gasteiger partial charge in [-0.2, -0.15) is 0 Å². The summed E-state index contributed by atoms with van der Waals surface area (Å²) in [4.78, 5) is 11.9. The molecule has 0 aliphatic rings. The van der Waals surface area contributed by atoms with Crippen molar-refractivity contribution in [2.75, 3.05) is 7.11 Å². The first-order valence-corrected chi connectivity index (χ1v) is 6.20. The van der Waals surface area contributed by atoms with E-state index in [-0.39, 0.29) is 16.9 Å². The average Bonchev–Trinajstić information content (AvgIpc) is 2.27. The van der Waals surface area contributed by atoms with E-state index in [2.05, 4.69) is 20.8 Å². The molecule has 0 saturated carbocycles. The Balaban J connectivity index is 2.59. The highest BCUT2D eigenvalue weighted by Gasteiger charge is 2.13. The molecule has 0 heterocycles. The second-order valence-electron chi connectivity index (χ2n) is 5.69. The highest BCUT2D eigenvalue weighted by atomic mass is 19.1. The van der Waals surface area contributed by atoms with E-state index in [9.17, 15) is 9.18 Å². The van der Waals surface area contributed by atoms with Crippen molar-refractivity contribution >= 4 is 5.78 Å². The maximum Gasteiger partial charge on any atom is 0.165 e. The fourth-order valence-corrected chi connectivity index (χ4v) is 1.76. The highest BCUT2D eigenvalue weighted by Crippen LogP contribution is 2.23. The summed E-state index contributed by atoms with van der Waals surface area (Å²) in [6, 6.07) is 4.35. The van der Waals surface area contributed by atoms with Crippen LogP contribution in [0.1, 0.15) is 50.4 Å². The van der Waals surface area contributed by atoms with Gasteiger partial charge in [0.05, 0.1) is 7.11 Å². The minimum absolute atomic E-state index is 0.0131. The first-order chi connectivity index (χ1) is 8.33. The Labute approximate surface area is 108 Å². The predicted octanol–water partition coefficient (Wildman–Crippen LogP) is 4.23. The number of carbonyl (C=O) groups excluding carboxylic acids is 1. The molecule has 0 fully saturated rings. The van der Waals surface area contributed by atoms with Crippen LogP contribution in [0.25, 0.3) is 0 Å². The lowest BCUT2D eigenvalue weighted by atomic mass is 9.89. The largest absolute Gasteiger partial charge is 0.494 e. The SMILES string of the molecule is COc1ccc(C(=O)CCCC(C)(C)C)cc1F. The van der Waals surface area contributed by atoms with Gasteiger partial charge in [-0.25, -0.2) is 4.39 Å². The van der Waals surface area contributed by atoms with Crippen LogP contribution in [0.3, 0.4) is 0 Å². The van der Waals surface area contributed by atoms with Gasteiger partial charge in [0.15, 0.2) is 17.3 Å². The van der Waals surface area contributed by atoms with Gasteiger partial charge in [-0.15, -0.1) is 0 Å². The molecule has 18 heavy (non-hydrogen) atoms. The molecule has 0 atom stereocenters. The number of methoxy groups -OCH3 is 1. The number of carbonyl (C=O) groups is 1. The Kier molecular flexibility index (Phi) is 4.88. The summed E-state index contributed by atoms with van der Waals surface area (Å²) < 4.78 is 18.3. The smallest absolute Gasteiger partial charge is 0.165 e. The third-order valence-corrected chi connectivity index (χ3v) is 2.80. The Hall–Kier alpha value is -1.38. The van der Waals surface area contributed by atoms with E-state index in [0.29, 0.717) is 12.0 Å². The lowest BCUT2D eigenvalue weighted by Crippen LogP contribution is -2.07. The highest BCUT2D eigenvalue weighted by molar-refractivity contribution is 5.96. The number of ketones is 1. The van der Waals surface area contributed by atoms with Gasteiger partial charge in [-0.05, 0) is 36.5 Å². The maximum atomic E-state index is 13.4. The molecule has 1 aromatic rings. The van der Waals surface area contributed by atoms with Crippen LogP contribution in [-0.2, 0) is 0 Å². The lowest BCUT2D eigenvalue weighted by Gasteiger charge is -2.17. The molecule has 0 saturated heterocycles. The molecule has 2 nitrogen and oxygen atoms in total.